The lowest BCUT2D eigenvalue weighted by molar-refractivity contribution is 0.475. The summed E-state index contributed by atoms with van der Waals surface area (Å²) in [5.74, 6) is 1.10. The number of nitrogens with one attached hydrogen (secondary N) is 2. The fraction of sp³-hybridized carbons (Fsp3) is 0.154. The van der Waals surface area contributed by atoms with Crippen LogP contribution in [0.1, 0.15) is 5.56 Å². The van der Waals surface area contributed by atoms with Gasteiger partial charge < -0.3 is 21.1 Å². The van der Waals surface area contributed by atoms with Crippen molar-refractivity contribution >= 4 is 22.9 Å². The number of nitrogens with zero attached hydrogens (tertiary/aromatic N) is 3. The van der Waals surface area contributed by atoms with E-state index in [1.165, 1.54) is 6.33 Å². The summed E-state index contributed by atoms with van der Waals surface area (Å²) in [6, 6.07) is 7.09. The van der Waals surface area contributed by atoms with E-state index in [4.69, 9.17) is 5.73 Å². The molecule has 20 heavy (non-hydrogen) atoms. The molecular formula is C13H14N6O. The van der Waals surface area contributed by atoms with Crippen LogP contribution in [0, 0.1) is 0 Å². The number of aromatic nitrogens is 4. The first-order valence-corrected chi connectivity index (χ1v) is 6.21. The van der Waals surface area contributed by atoms with Crippen LogP contribution in [0.15, 0.2) is 30.6 Å². The fourth-order valence-corrected chi connectivity index (χ4v) is 1.92. The zero-order chi connectivity index (χ0) is 13.9. The van der Waals surface area contributed by atoms with Gasteiger partial charge in [-0.15, -0.1) is 0 Å². The van der Waals surface area contributed by atoms with Gasteiger partial charge in [0.25, 0.3) is 0 Å². The Kier molecular flexibility index (Phi) is 3.08. The summed E-state index contributed by atoms with van der Waals surface area (Å²) in [5.41, 5.74) is 8.12. The molecule has 0 saturated carbocycles. The van der Waals surface area contributed by atoms with Gasteiger partial charge in [-0.05, 0) is 24.1 Å². The smallest absolute Gasteiger partial charge is 0.226 e. The Bertz CT molecular complexity index is 721. The number of hydrogen-bond acceptors (Lipinski definition) is 6. The van der Waals surface area contributed by atoms with E-state index in [0.29, 0.717) is 29.5 Å². The van der Waals surface area contributed by atoms with Gasteiger partial charge in [-0.3, -0.25) is 0 Å². The standard InChI is InChI=1S/C13H14N6O/c14-11-10-12(17-7-16-10)19-13(18-11)15-6-5-8-1-3-9(20)4-2-8/h1-4,7,20H,5-6H2,(H4,14,15,16,17,18,19). The van der Waals surface area contributed by atoms with Crippen molar-refractivity contribution in [3.05, 3.63) is 36.2 Å². The molecule has 7 heteroatoms. The number of hydrogen-bond donors (Lipinski definition) is 4. The number of nitrogen functional groups attached to an aromatic ring is 1. The van der Waals surface area contributed by atoms with Crippen LogP contribution in [0.3, 0.4) is 0 Å². The minimum atomic E-state index is 0.266. The maximum Gasteiger partial charge on any atom is 0.226 e. The summed E-state index contributed by atoms with van der Waals surface area (Å²) in [5, 5.41) is 12.3. The molecule has 3 aromatic rings. The van der Waals surface area contributed by atoms with Gasteiger partial charge in [0, 0.05) is 6.54 Å². The Morgan fingerprint density at radius 2 is 2.00 bits per heavy atom. The molecule has 0 bridgehead atoms. The van der Waals surface area contributed by atoms with Crippen molar-refractivity contribution in [2.75, 3.05) is 17.6 Å². The molecule has 0 aliphatic carbocycles. The molecule has 102 valence electrons. The van der Waals surface area contributed by atoms with Crippen LogP contribution >= 0.6 is 0 Å². The summed E-state index contributed by atoms with van der Waals surface area (Å²) in [7, 11) is 0. The maximum atomic E-state index is 9.21. The van der Waals surface area contributed by atoms with Gasteiger partial charge >= 0.3 is 0 Å². The summed E-state index contributed by atoms with van der Waals surface area (Å²) in [6.45, 7) is 0.667. The number of nitrogens with two attached hydrogens (primary N) is 1. The molecule has 3 rings (SSSR count). The maximum absolute atomic E-state index is 9.21. The second kappa shape index (κ2) is 5.04. The predicted octanol–water partition coefficient (Wildman–Crippen LogP) is 1.30. The number of fused-ring (bicyclic) bond motifs is 1. The van der Waals surface area contributed by atoms with Gasteiger partial charge in [-0.25, -0.2) is 4.98 Å². The Morgan fingerprint density at radius 3 is 2.80 bits per heavy atom. The van der Waals surface area contributed by atoms with Crippen LogP contribution in [0.2, 0.25) is 0 Å². The van der Waals surface area contributed by atoms with Crippen LogP contribution < -0.4 is 11.1 Å². The molecule has 7 nitrogen and oxygen atoms in total. The van der Waals surface area contributed by atoms with Crippen molar-refractivity contribution in [1.29, 1.82) is 0 Å². The van der Waals surface area contributed by atoms with Gasteiger partial charge in [-0.1, -0.05) is 12.1 Å². The molecule has 1 aromatic carbocycles. The van der Waals surface area contributed by atoms with E-state index in [-0.39, 0.29) is 5.75 Å². The Hall–Kier alpha value is -2.83. The summed E-state index contributed by atoms with van der Waals surface area (Å²) in [4.78, 5) is 15.4. The summed E-state index contributed by atoms with van der Waals surface area (Å²) >= 11 is 0. The molecule has 0 atom stereocenters. The molecule has 2 aromatic heterocycles. The number of phenols is 1. The highest BCUT2D eigenvalue weighted by atomic mass is 16.3. The van der Waals surface area contributed by atoms with E-state index in [1.54, 1.807) is 12.1 Å². The van der Waals surface area contributed by atoms with Crippen molar-refractivity contribution in [3.63, 3.8) is 0 Å². The van der Waals surface area contributed by atoms with E-state index in [2.05, 4.69) is 25.3 Å². The number of benzene rings is 1. The zero-order valence-electron chi connectivity index (χ0n) is 10.7. The first-order chi connectivity index (χ1) is 9.72. The predicted molar refractivity (Wildman–Crippen MR) is 76.4 cm³/mol. The second-order valence-electron chi connectivity index (χ2n) is 4.38. The van der Waals surface area contributed by atoms with E-state index >= 15 is 0 Å². The third kappa shape index (κ3) is 2.46. The van der Waals surface area contributed by atoms with Crippen LogP contribution in [0.25, 0.3) is 11.2 Å². The van der Waals surface area contributed by atoms with Crippen LogP contribution in [-0.4, -0.2) is 31.6 Å². The van der Waals surface area contributed by atoms with Gasteiger partial charge in [-0.2, -0.15) is 9.97 Å². The van der Waals surface area contributed by atoms with Gasteiger partial charge in [0.2, 0.25) is 5.95 Å². The topological polar surface area (TPSA) is 113 Å². The van der Waals surface area contributed by atoms with Gasteiger partial charge in [0.05, 0.1) is 6.33 Å². The number of rotatable bonds is 4. The third-order valence-corrected chi connectivity index (χ3v) is 2.95. The van der Waals surface area contributed by atoms with Gasteiger partial charge in [0.15, 0.2) is 11.5 Å². The molecule has 0 aliphatic heterocycles. The van der Waals surface area contributed by atoms with Crippen molar-refractivity contribution < 1.29 is 5.11 Å². The zero-order valence-corrected chi connectivity index (χ0v) is 10.7. The average molecular weight is 270 g/mol. The van der Waals surface area contributed by atoms with E-state index in [0.717, 1.165) is 12.0 Å². The average Bonchev–Trinajstić information content (AvgIpc) is 2.90. The van der Waals surface area contributed by atoms with E-state index in [9.17, 15) is 5.11 Å². The molecule has 0 aliphatic rings. The number of aromatic amines is 1. The molecule has 0 spiro atoms. The van der Waals surface area contributed by atoms with E-state index < -0.39 is 0 Å². The molecule has 5 N–H and O–H groups in total. The lowest BCUT2D eigenvalue weighted by Crippen LogP contribution is -2.09. The Labute approximate surface area is 114 Å². The normalized spacial score (nSPS) is 10.8. The second-order valence-corrected chi connectivity index (χ2v) is 4.38. The molecule has 2 heterocycles. The molecular weight excluding hydrogens is 256 g/mol. The van der Waals surface area contributed by atoms with Crippen molar-refractivity contribution in [2.45, 2.75) is 6.42 Å². The van der Waals surface area contributed by atoms with Crippen molar-refractivity contribution in [2.24, 2.45) is 0 Å². The number of phenolic OH excluding ortho intramolecular Hbond substituents is 1. The van der Waals surface area contributed by atoms with Crippen LogP contribution in [0.4, 0.5) is 11.8 Å². The first-order valence-electron chi connectivity index (χ1n) is 6.21. The Balaban J connectivity index is 1.66. The number of anilines is 2. The lowest BCUT2D eigenvalue weighted by atomic mass is 10.1. The SMILES string of the molecule is Nc1nc(NCCc2ccc(O)cc2)nc2nc[nH]c12. The number of imidazole rings is 1. The quantitative estimate of drug-likeness (QED) is 0.568. The lowest BCUT2D eigenvalue weighted by Gasteiger charge is -2.06. The summed E-state index contributed by atoms with van der Waals surface area (Å²) in [6.07, 6.45) is 2.33. The molecule has 0 fully saturated rings. The number of H-pyrrole nitrogens is 1. The highest BCUT2D eigenvalue weighted by molar-refractivity contribution is 5.82. The molecule has 0 saturated heterocycles. The van der Waals surface area contributed by atoms with Crippen molar-refractivity contribution in [3.8, 4) is 5.75 Å². The first kappa shape index (κ1) is 12.2. The molecule has 0 unspecified atom stereocenters. The summed E-state index contributed by atoms with van der Waals surface area (Å²) < 4.78 is 0. The minimum absolute atomic E-state index is 0.266. The van der Waals surface area contributed by atoms with Gasteiger partial charge in [0.1, 0.15) is 11.3 Å². The fourth-order valence-electron chi connectivity index (χ4n) is 1.92. The van der Waals surface area contributed by atoms with E-state index in [1.807, 2.05) is 12.1 Å². The largest absolute Gasteiger partial charge is 0.508 e. The minimum Gasteiger partial charge on any atom is -0.508 e. The van der Waals surface area contributed by atoms with Crippen LogP contribution in [-0.2, 0) is 6.42 Å². The molecule has 0 amide bonds. The molecule has 0 radical (unpaired) electrons. The number of aromatic hydroxyl groups is 1. The third-order valence-electron chi connectivity index (χ3n) is 2.95. The van der Waals surface area contributed by atoms with Crippen LogP contribution in [0.5, 0.6) is 5.75 Å². The highest BCUT2D eigenvalue weighted by Gasteiger charge is 2.06. The van der Waals surface area contributed by atoms with Crippen molar-refractivity contribution in [1.82, 2.24) is 19.9 Å². The monoisotopic (exact) mass is 270 g/mol. The highest BCUT2D eigenvalue weighted by Crippen LogP contribution is 2.15. The Morgan fingerprint density at radius 1 is 1.20 bits per heavy atom.